The molecule has 0 saturated heterocycles. The molecule has 3 rings (SSSR count). The van der Waals surface area contributed by atoms with Gasteiger partial charge in [-0.15, -0.1) is 0 Å². The van der Waals surface area contributed by atoms with Crippen LogP contribution in [0.15, 0.2) is 29.1 Å². The lowest BCUT2D eigenvalue weighted by Gasteiger charge is -2.18. The molecule has 0 radical (unpaired) electrons. The van der Waals surface area contributed by atoms with Crippen LogP contribution in [-0.2, 0) is 11.2 Å². The fourth-order valence-electron chi connectivity index (χ4n) is 3.64. The van der Waals surface area contributed by atoms with Gasteiger partial charge in [-0.05, 0) is 47.7 Å². The third kappa shape index (κ3) is 3.35. The van der Waals surface area contributed by atoms with Crippen LogP contribution in [0, 0.1) is 0 Å². The molecule has 0 bridgehead atoms. The summed E-state index contributed by atoms with van der Waals surface area (Å²) in [6, 6.07) is 5.13. The second-order valence-electron chi connectivity index (χ2n) is 6.47. The molecule has 0 unspecified atom stereocenters. The van der Waals surface area contributed by atoms with Crippen molar-refractivity contribution in [2.45, 2.75) is 25.8 Å². The summed E-state index contributed by atoms with van der Waals surface area (Å²) >= 11 is 0. The van der Waals surface area contributed by atoms with Crippen LogP contribution in [0.4, 0.5) is 0 Å². The van der Waals surface area contributed by atoms with E-state index in [1.54, 1.807) is 12.1 Å². The van der Waals surface area contributed by atoms with E-state index in [0.717, 1.165) is 5.56 Å². The molecule has 7 heteroatoms. The number of aromatic hydroxyl groups is 1. The molecule has 1 aliphatic rings. The van der Waals surface area contributed by atoms with Crippen LogP contribution < -0.4 is 25.0 Å². The molecule has 148 valence electrons. The normalized spacial score (nSPS) is 17.0. The predicted octanol–water partition coefficient (Wildman–Crippen LogP) is 2.57. The minimum Gasteiger partial charge on any atom is -0.504 e. The zero-order valence-electron chi connectivity index (χ0n) is 18.8. The number of methoxy groups -OCH3 is 3. The summed E-state index contributed by atoms with van der Waals surface area (Å²) in [4.78, 5) is 24.6. The summed E-state index contributed by atoms with van der Waals surface area (Å²) in [5.41, 5.74) is 1.67. The molecule has 1 aliphatic carbocycles. The van der Waals surface area contributed by atoms with Gasteiger partial charge in [-0.3, -0.25) is 9.59 Å². The van der Waals surface area contributed by atoms with Gasteiger partial charge in [0.1, 0.15) is 0 Å². The first kappa shape index (κ1) is 15.8. The maximum Gasteiger partial charge on any atom is 0.220 e. The second kappa shape index (κ2) is 7.80. The summed E-state index contributed by atoms with van der Waals surface area (Å²) in [6.45, 7) is 1.37. The third-order valence-electron chi connectivity index (χ3n) is 4.78. The first-order valence-electron chi connectivity index (χ1n) is 10.2. The number of phenolic OH excluding ortho intramolecular Hbond substituents is 1. The number of phenols is 1. The number of amides is 1. The molecule has 1 amide bonds. The number of hydrogen-bond acceptors (Lipinski definition) is 6. The molecule has 0 fully saturated rings. The molecular weight excluding hydrogens is 363 g/mol. The quantitative estimate of drug-likeness (QED) is 0.781. The number of ether oxygens (including phenoxy) is 3. The van der Waals surface area contributed by atoms with Crippen molar-refractivity contribution in [3.05, 3.63) is 45.6 Å². The monoisotopic (exact) mass is 389 g/mol. The molecule has 0 spiro atoms. The summed E-state index contributed by atoms with van der Waals surface area (Å²) in [5.74, 6) is -0.348. The molecule has 2 aromatic carbocycles. The Morgan fingerprint density at radius 2 is 1.96 bits per heavy atom. The third-order valence-corrected chi connectivity index (χ3v) is 4.78. The van der Waals surface area contributed by atoms with Gasteiger partial charge in [-0.25, -0.2) is 0 Å². The van der Waals surface area contributed by atoms with Gasteiger partial charge >= 0.3 is 0 Å². The lowest BCUT2D eigenvalue weighted by Crippen LogP contribution is -2.26. The highest BCUT2D eigenvalue weighted by Crippen LogP contribution is 2.49. The average Bonchev–Trinajstić information content (AvgIpc) is 2.90. The van der Waals surface area contributed by atoms with E-state index in [2.05, 4.69) is 5.32 Å². The molecule has 0 heterocycles. The fourth-order valence-corrected chi connectivity index (χ4v) is 3.64. The predicted molar refractivity (Wildman–Crippen MR) is 104 cm³/mol. The Morgan fingerprint density at radius 1 is 1.21 bits per heavy atom. The highest BCUT2D eigenvalue weighted by Gasteiger charge is 2.29. The number of carbonyl (C=O) groups is 1. The van der Waals surface area contributed by atoms with Crippen molar-refractivity contribution in [2.24, 2.45) is 0 Å². The maximum absolute atomic E-state index is 12.8. The van der Waals surface area contributed by atoms with Crippen molar-refractivity contribution in [1.29, 1.82) is 0 Å². The van der Waals surface area contributed by atoms with E-state index in [0.29, 0.717) is 29.5 Å². The number of fused-ring (bicyclic) bond motifs is 3. The lowest BCUT2D eigenvalue weighted by atomic mass is 9.95. The Kier molecular flexibility index (Phi) is 4.40. The molecule has 2 aromatic rings. The van der Waals surface area contributed by atoms with E-state index in [1.807, 2.05) is 0 Å². The van der Waals surface area contributed by atoms with Crippen molar-refractivity contribution in [1.82, 2.24) is 5.32 Å². The highest BCUT2D eigenvalue weighted by atomic mass is 16.5. The Balaban J connectivity index is 2.37. The molecule has 0 saturated carbocycles. The van der Waals surface area contributed by atoms with Gasteiger partial charge in [0, 0.05) is 12.5 Å². The van der Waals surface area contributed by atoms with E-state index >= 15 is 0 Å². The molecule has 1 atom stereocenters. The molecule has 2 N–H and O–H groups in total. The smallest absolute Gasteiger partial charge is 0.220 e. The van der Waals surface area contributed by atoms with Crippen LogP contribution in [0.25, 0.3) is 11.1 Å². The van der Waals surface area contributed by atoms with E-state index in [-0.39, 0.29) is 28.9 Å². The largest absolute Gasteiger partial charge is 0.504 e. The molecule has 28 heavy (non-hydrogen) atoms. The standard InChI is InChI=1S/C21H23NO6/c1-11(23)22-15-7-5-12-9-17(25)20(27-3)21(28-4)19(12)13-6-8-18(26-2)16(24)10-14(13)15/h6,8-10,15,25H,5,7H2,1-4H3,(H,22,23)/t15-/m0/s1/i2+1D3. The molecule has 0 aromatic heterocycles. The molecule has 7 nitrogen and oxygen atoms in total. The Hall–Kier alpha value is -3.22. The van der Waals surface area contributed by atoms with Gasteiger partial charge in [0.05, 0.1) is 31.4 Å². The Labute approximate surface area is 167 Å². The molecule has 0 aliphatic heterocycles. The van der Waals surface area contributed by atoms with Gasteiger partial charge in [0.25, 0.3) is 0 Å². The van der Waals surface area contributed by atoms with Crippen LogP contribution in [0.2, 0.25) is 0 Å². The first-order chi connectivity index (χ1) is 14.6. The van der Waals surface area contributed by atoms with Crippen LogP contribution in [0.5, 0.6) is 23.0 Å². The Morgan fingerprint density at radius 3 is 2.61 bits per heavy atom. The summed E-state index contributed by atoms with van der Waals surface area (Å²) in [5, 5.41) is 13.2. The zero-order chi connectivity index (χ0) is 22.9. The number of rotatable bonds is 4. The number of hydrogen-bond donors (Lipinski definition) is 2. The van der Waals surface area contributed by atoms with Crippen LogP contribution in [-0.4, -0.2) is 32.3 Å². The number of benzene rings is 1. The first-order valence-corrected chi connectivity index (χ1v) is 8.67. The van der Waals surface area contributed by atoms with E-state index in [9.17, 15) is 14.7 Å². The van der Waals surface area contributed by atoms with Crippen LogP contribution >= 0.6 is 0 Å². The summed E-state index contributed by atoms with van der Waals surface area (Å²) in [6.07, 6.45) is 0.910. The molecular formula is C21H23NO6. The number of aryl methyl sites for hydroxylation is 1. The van der Waals surface area contributed by atoms with Gasteiger partial charge < -0.3 is 24.6 Å². The van der Waals surface area contributed by atoms with Crippen molar-refractivity contribution in [2.75, 3.05) is 21.3 Å². The summed E-state index contributed by atoms with van der Waals surface area (Å²) in [7, 11) is 0.0236. The zero-order valence-corrected chi connectivity index (χ0v) is 15.8. The van der Waals surface area contributed by atoms with Crippen molar-refractivity contribution >= 4 is 5.91 Å². The van der Waals surface area contributed by atoms with Crippen molar-refractivity contribution < 1.29 is 28.2 Å². The minimum absolute atomic E-state index is 0.103. The number of nitrogens with one attached hydrogen (secondary N) is 1. The van der Waals surface area contributed by atoms with Gasteiger partial charge in [-0.1, -0.05) is 6.07 Å². The van der Waals surface area contributed by atoms with Gasteiger partial charge in [0.15, 0.2) is 17.2 Å². The fraction of sp³-hybridized carbons (Fsp3) is 0.333. The van der Waals surface area contributed by atoms with Gasteiger partial charge in [-0.2, -0.15) is 0 Å². The average molecular weight is 389 g/mol. The topological polar surface area (TPSA) is 94.1 Å². The minimum atomic E-state index is -2.80. The van der Waals surface area contributed by atoms with E-state index in [1.165, 1.54) is 33.3 Å². The van der Waals surface area contributed by atoms with Crippen LogP contribution in [0.1, 0.15) is 34.6 Å². The van der Waals surface area contributed by atoms with Gasteiger partial charge in [0.2, 0.25) is 17.1 Å². The maximum atomic E-state index is 12.8. The Bertz CT molecular complexity index is 1080. The summed E-state index contributed by atoms with van der Waals surface area (Å²) < 4.78 is 37.7. The SMILES string of the molecule is [2H][13C]([2H])([2H])Oc1ccc2c(cc1=O)[C@@H](NC(C)=O)CCc1cc(O)c(OC)c(OC)c1-2. The van der Waals surface area contributed by atoms with E-state index < -0.39 is 18.5 Å². The number of carbonyl (C=O) groups excluding carboxylic acids is 1. The lowest BCUT2D eigenvalue weighted by molar-refractivity contribution is -0.119. The van der Waals surface area contributed by atoms with Crippen LogP contribution in [0.3, 0.4) is 0 Å². The van der Waals surface area contributed by atoms with E-state index in [4.69, 9.17) is 18.3 Å². The highest BCUT2D eigenvalue weighted by molar-refractivity contribution is 5.83. The van der Waals surface area contributed by atoms with Crippen molar-refractivity contribution in [3.8, 4) is 34.1 Å². The second-order valence-corrected chi connectivity index (χ2v) is 6.47. The van der Waals surface area contributed by atoms with Crippen molar-refractivity contribution in [3.63, 3.8) is 0 Å².